The smallest absolute Gasteiger partial charge is 0.231 e. The zero-order valence-corrected chi connectivity index (χ0v) is 17.4. The molecule has 3 aliphatic rings. The molecule has 0 aliphatic carbocycles. The summed E-state index contributed by atoms with van der Waals surface area (Å²) < 4.78 is 34.2. The van der Waals surface area contributed by atoms with Gasteiger partial charge in [0.25, 0.3) is 0 Å². The maximum atomic E-state index is 10.8. The van der Waals surface area contributed by atoms with Crippen LogP contribution in [0.1, 0.15) is 40.7 Å². The maximum absolute atomic E-state index is 10.8. The minimum absolute atomic E-state index is 0.174. The molecule has 0 spiro atoms. The molecule has 3 atom stereocenters. The van der Waals surface area contributed by atoms with Gasteiger partial charge in [-0.2, -0.15) is 0 Å². The van der Waals surface area contributed by atoms with E-state index in [1.165, 1.54) is 0 Å². The summed E-state index contributed by atoms with van der Waals surface area (Å²) in [5.41, 5.74) is 3.59. The number of likely N-dealkylation sites (N-methyl/N-ethyl adjacent to an activating group) is 1. The number of rotatable bonds is 4. The molecule has 0 saturated carbocycles. The van der Waals surface area contributed by atoms with Crippen LogP contribution in [0.25, 0.3) is 0 Å². The molecule has 0 amide bonds. The monoisotopic (exact) mass is 415 g/mol. The summed E-state index contributed by atoms with van der Waals surface area (Å²) >= 11 is 0. The van der Waals surface area contributed by atoms with Gasteiger partial charge in [0, 0.05) is 12.1 Å². The van der Waals surface area contributed by atoms with Gasteiger partial charge in [0.1, 0.15) is 6.10 Å². The van der Waals surface area contributed by atoms with Crippen molar-refractivity contribution in [3.05, 3.63) is 40.5 Å². The Morgan fingerprint density at radius 2 is 1.83 bits per heavy atom. The number of nitrogens with zero attached hydrogens (tertiary/aromatic N) is 1. The van der Waals surface area contributed by atoms with Gasteiger partial charge >= 0.3 is 0 Å². The van der Waals surface area contributed by atoms with Crippen molar-refractivity contribution in [1.29, 1.82) is 0 Å². The van der Waals surface area contributed by atoms with Crippen molar-refractivity contribution in [3.8, 4) is 28.7 Å². The van der Waals surface area contributed by atoms with Crippen LogP contribution in [0.15, 0.2) is 18.2 Å². The molecule has 8 heteroatoms. The number of ether oxygens (including phenoxy) is 6. The highest BCUT2D eigenvalue weighted by molar-refractivity contribution is 5.63. The molecule has 2 aromatic carbocycles. The quantitative estimate of drug-likeness (QED) is 0.817. The summed E-state index contributed by atoms with van der Waals surface area (Å²) in [4.78, 5) is 2.22. The molecule has 2 aromatic rings. The third-order valence-electron chi connectivity index (χ3n) is 6.19. The van der Waals surface area contributed by atoms with Gasteiger partial charge in [0.05, 0.1) is 32.9 Å². The molecule has 5 rings (SSSR count). The summed E-state index contributed by atoms with van der Waals surface area (Å²) in [5, 5.41) is 10.8. The van der Waals surface area contributed by atoms with Crippen LogP contribution in [0.5, 0.6) is 28.7 Å². The molecule has 0 aromatic heterocycles. The van der Waals surface area contributed by atoms with Gasteiger partial charge in [-0.05, 0) is 36.7 Å². The Morgan fingerprint density at radius 1 is 1.03 bits per heavy atom. The molecule has 3 aliphatic heterocycles. The zero-order valence-electron chi connectivity index (χ0n) is 17.4. The SMILES string of the molecule is COc1ccc2c(c1OC)C(O)O[C@@H]2C1c2c(cc3c(c2OC)OCO3)CCN1C. The Balaban J connectivity index is 1.68. The van der Waals surface area contributed by atoms with Crippen LogP contribution in [0.2, 0.25) is 0 Å². The lowest BCUT2D eigenvalue weighted by Gasteiger charge is -2.39. The van der Waals surface area contributed by atoms with Crippen LogP contribution in [-0.2, 0) is 11.2 Å². The topological polar surface area (TPSA) is 78.9 Å². The predicted octanol–water partition coefficient (Wildman–Crippen LogP) is 2.73. The molecular weight excluding hydrogens is 390 g/mol. The largest absolute Gasteiger partial charge is 0.493 e. The summed E-state index contributed by atoms with van der Waals surface area (Å²) in [6, 6.07) is 5.61. The van der Waals surface area contributed by atoms with E-state index < -0.39 is 12.4 Å². The average Bonchev–Trinajstić information content (AvgIpc) is 3.35. The first-order chi connectivity index (χ1) is 14.6. The van der Waals surface area contributed by atoms with E-state index in [0.717, 1.165) is 29.7 Å². The van der Waals surface area contributed by atoms with E-state index in [2.05, 4.69) is 4.90 Å². The van der Waals surface area contributed by atoms with E-state index >= 15 is 0 Å². The van der Waals surface area contributed by atoms with Gasteiger partial charge < -0.3 is 33.5 Å². The molecule has 8 nitrogen and oxygen atoms in total. The lowest BCUT2D eigenvalue weighted by atomic mass is 9.85. The minimum Gasteiger partial charge on any atom is -0.493 e. The number of hydrogen-bond acceptors (Lipinski definition) is 8. The first-order valence-electron chi connectivity index (χ1n) is 9.86. The van der Waals surface area contributed by atoms with E-state index in [1.54, 1.807) is 21.3 Å². The highest BCUT2D eigenvalue weighted by Gasteiger charge is 2.45. The first kappa shape index (κ1) is 19.3. The van der Waals surface area contributed by atoms with E-state index in [-0.39, 0.29) is 12.8 Å². The second-order valence-corrected chi connectivity index (χ2v) is 7.60. The van der Waals surface area contributed by atoms with Gasteiger partial charge in [0.15, 0.2) is 29.3 Å². The summed E-state index contributed by atoms with van der Waals surface area (Å²) in [5.74, 6) is 3.01. The Labute approximate surface area is 174 Å². The fraction of sp³-hybridized carbons (Fsp3) is 0.455. The molecule has 0 fully saturated rings. The van der Waals surface area contributed by atoms with Gasteiger partial charge in [-0.3, -0.25) is 4.90 Å². The van der Waals surface area contributed by atoms with Crippen molar-refractivity contribution in [2.75, 3.05) is 41.7 Å². The molecule has 30 heavy (non-hydrogen) atoms. The molecule has 0 saturated heterocycles. The van der Waals surface area contributed by atoms with Gasteiger partial charge in [-0.15, -0.1) is 0 Å². The van der Waals surface area contributed by atoms with E-state index in [4.69, 9.17) is 28.4 Å². The summed E-state index contributed by atoms with van der Waals surface area (Å²) in [6.45, 7) is 1.01. The summed E-state index contributed by atoms with van der Waals surface area (Å²) in [6.07, 6.45) is -0.689. The Bertz CT molecular complexity index is 992. The average molecular weight is 415 g/mol. The van der Waals surface area contributed by atoms with E-state index in [0.29, 0.717) is 34.3 Å². The second-order valence-electron chi connectivity index (χ2n) is 7.60. The number of aliphatic hydroxyl groups excluding tert-OH is 1. The lowest BCUT2D eigenvalue weighted by Crippen LogP contribution is -2.36. The van der Waals surface area contributed by atoms with Crippen LogP contribution in [-0.4, -0.2) is 51.7 Å². The van der Waals surface area contributed by atoms with E-state index in [9.17, 15) is 5.11 Å². The molecule has 1 N–H and O–H groups in total. The van der Waals surface area contributed by atoms with Crippen LogP contribution in [0.4, 0.5) is 0 Å². The third kappa shape index (κ3) is 2.64. The van der Waals surface area contributed by atoms with Gasteiger partial charge in [-0.1, -0.05) is 6.07 Å². The van der Waals surface area contributed by atoms with Gasteiger partial charge in [0.2, 0.25) is 12.5 Å². The van der Waals surface area contributed by atoms with Crippen molar-refractivity contribution >= 4 is 0 Å². The molecular formula is C22H25NO7. The van der Waals surface area contributed by atoms with Crippen LogP contribution in [0, 0.1) is 0 Å². The molecule has 3 heterocycles. The fourth-order valence-corrected chi connectivity index (χ4v) is 4.84. The van der Waals surface area contributed by atoms with E-state index in [1.807, 2.05) is 25.2 Å². The zero-order chi connectivity index (χ0) is 21.0. The number of benzene rings is 2. The third-order valence-corrected chi connectivity index (χ3v) is 6.19. The Hall–Kier alpha value is -2.68. The van der Waals surface area contributed by atoms with Crippen molar-refractivity contribution in [2.45, 2.75) is 24.9 Å². The highest BCUT2D eigenvalue weighted by Crippen LogP contribution is 2.57. The molecule has 160 valence electrons. The Kier molecular flexibility index (Phi) is 4.65. The number of aliphatic hydroxyl groups is 1. The molecule has 2 unspecified atom stereocenters. The second kappa shape index (κ2) is 7.23. The molecule has 0 bridgehead atoms. The van der Waals surface area contributed by atoms with Crippen molar-refractivity contribution in [1.82, 2.24) is 4.90 Å². The van der Waals surface area contributed by atoms with Crippen molar-refractivity contribution in [2.24, 2.45) is 0 Å². The fourth-order valence-electron chi connectivity index (χ4n) is 4.84. The summed E-state index contributed by atoms with van der Waals surface area (Å²) in [7, 11) is 6.81. The van der Waals surface area contributed by atoms with Crippen molar-refractivity contribution in [3.63, 3.8) is 0 Å². The normalized spacial score (nSPS) is 24.4. The van der Waals surface area contributed by atoms with Gasteiger partial charge in [-0.25, -0.2) is 0 Å². The first-order valence-corrected chi connectivity index (χ1v) is 9.86. The van der Waals surface area contributed by atoms with Crippen LogP contribution in [0.3, 0.4) is 0 Å². The number of methoxy groups -OCH3 is 3. The van der Waals surface area contributed by atoms with Crippen molar-refractivity contribution < 1.29 is 33.5 Å². The van der Waals surface area contributed by atoms with Crippen LogP contribution >= 0.6 is 0 Å². The molecule has 0 radical (unpaired) electrons. The number of hydrogen-bond donors (Lipinski definition) is 1. The number of fused-ring (bicyclic) bond motifs is 3. The lowest BCUT2D eigenvalue weighted by molar-refractivity contribution is -0.142. The highest BCUT2D eigenvalue weighted by atomic mass is 16.7. The van der Waals surface area contributed by atoms with Crippen LogP contribution < -0.4 is 23.7 Å². The maximum Gasteiger partial charge on any atom is 0.231 e. The minimum atomic E-state index is -1.12. The Morgan fingerprint density at radius 3 is 2.57 bits per heavy atom. The standard InChI is InChI=1S/C22H25NO7/c1-23-8-7-11-9-14-20(29-10-28-14)21(27-4)15(11)17(23)18-12-5-6-13(25-2)19(26-3)16(12)22(24)30-18/h5-6,9,17-18,22,24H,7-8,10H2,1-4H3/t17?,18-,22?/m0/s1. The predicted molar refractivity (Wildman–Crippen MR) is 107 cm³/mol.